The number of halogens is 1. The molecule has 0 aromatic carbocycles. The van der Waals surface area contributed by atoms with Gasteiger partial charge in [0.2, 0.25) is 0 Å². The van der Waals surface area contributed by atoms with Gasteiger partial charge in [-0.25, -0.2) is 0 Å². The molecule has 1 saturated heterocycles. The fourth-order valence-electron chi connectivity index (χ4n) is 2.69. The monoisotopic (exact) mass is 297 g/mol. The van der Waals surface area contributed by atoms with Crippen LogP contribution in [0.1, 0.15) is 29.4 Å². The average molecular weight is 298 g/mol. The number of carbonyl (C=O) groups excluding carboxylic acids is 1. The Morgan fingerprint density at radius 1 is 1.55 bits per heavy atom. The lowest BCUT2D eigenvalue weighted by atomic mass is 10.2. The van der Waals surface area contributed by atoms with E-state index in [4.69, 9.17) is 16.3 Å². The lowest BCUT2D eigenvalue weighted by Gasteiger charge is -2.33. The van der Waals surface area contributed by atoms with Crippen LogP contribution in [0.4, 0.5) is 0 Å². The molecule has 2 fully saturated rings. The zero-order valence-electron chi connectivity index (χ0n) is 11.6. The van der Waals surface area contributed by atoms with E-state index in [1.54, 1.807) is 6.07 Å². The van der Waals surface area contributed by atoms with Crippen molar-refractivity contribution in [3.8, 4) is 0 Å². The number of hydrogen-bond acceptors (Lipinski definition) is 3. The van der Waals surface area contributed by atoms with Crippen LogP contribution in [-0.4, -0.2) is 54.8 Å². The van der Waals surface area contributed by atoms with Gasteiger partial charge in [0.25, 0.3) is 5.91 Å². The minimum atomic E-state index is 0.0632. The number of morpholine rings is 1. The molecule has 5 nitrogen and oxygen atoms in total. The molecule has 1 saturated carbocycles. The van der Waals surface area contributed by atoms with E-state index in [1.165, 1.54) is 0 Å². The van der Waals surface area contributed by atoms with Crippen molar-refractivity contribution in [3.05, 3.63) is 23.0 Å². The van der Waals surface area contributed by atoms with Gasteiger partial charge in [-0.2, -0.15) is 0 Å². The number of carbonyl (C=O) groups is 1. The van der Waals surface area contributed by atoms with Crippen LogP contribution in [0.25, 0.3) is 0 Å². The van der Waals surface area contributed by atoms with Crippen molar-refractivity contribution < 1.29 is 9.53 Å². The number of rotatable bonds is 4. The molecule has 1 atom stereocenters. The van der Waals surface area contributed by atoms with Gasteiger partial charge >= 0.3 is 0 Å². The van der Waals surface area contributed by atoms with E-state index in [1.807, 2.05) is 22.7 Å². The smallest absolute Gasteiger partial charge is 0.270 e. The SMILES string of the molecule is CNCC1CN(C(=O)c2cc(Cl)cn2C2CC2)CCO1. The van der Waals surface area contributed by atoms with Crippen molar-refractivity contribution in [3.63, 3.8) is 0 Å². The maximum absolute atomic E-state index is 12.7. The Kier molecular flexibility index (Phi) is 4.01. The predicted octanol–water partition coefficient (Wildman–Crippen LogP) is 1.54. The maximum Gasteiger partial charge on any atom is 0.270 e. The Balaban J connectivity index is 1.74. The molecule has 110 valence electrons. The first kappa shape index (κ1) is 13.9. The van der Waals surface area contributed by atoms with Crippen LogP contribution in [0.5, 0.6) is 0 Å². The number of aromatic nitrogens is 1. The van der Waals surface area contributed by atoms with Gasteiger partial charge < -0.3 is 19.5 Å². The van der Waals surface area contributed by atoms with E-state index in [2.05, 4.69) is 5.32 Å². The van der Waals surface area contributed by atoms with Crippen LogP contribution in [0, 0.1) is 0 Å². The van der Waals surface area contributed by atoms with E-state index in [0.717, 1.165) is 19.4 Å². The highest BCUT2D eigenvalue weighted by Gasteiger charge is 2.31. The zero-order valence-corrected chi connectivity index (χ0v) is 12.4. The van der Waals surface area contributed by atoms with Gasteiger partial charge in [0.05, 0.1) is 17.7 Å². The summed E-state index contributed by atoms with van der Waals surface area (Å²) in [6.07, 6.45) is 4.21. The molecule has 20 heavy (non-hydrogen) atoms. The van der Waals surface area contributed by atoms with E-state index >= 15 is 0 Å². The van der Waals surface area contributed by atoms with E-state index in [-0.39, 0.29) is 12.0 Å². The van der Waals surface area contributed by atoms with Crippen molar-refractivity contribution >= 4 is 17.5 Å². The predicted molar refractivity (Wildman–Crippen MR) is 77.3 cm³/mol. The van der Waals surface area contributed by atoms with Crippen LogP contribution in [-0.2, 0) is 4.74 Å². The summed E-state index contributed by atoms with van der Waals surface area (Å²) in [5, 5.41) is 3.73. The van der Waals surface area contributed by atoms with Gasteiger partial charge in [-0.3, -0.25) is 4.79 Å². The molecule has 1 aromatic rings. The molecular formula is C14H20ClN3O2. The van der Waals surface area contributed by atoms with Crippen LogP contribution in [0.15, 0.2) is 12.3 Å². The van der Waals surface area contributed by atoms with Crippen LogP contribution in [0.2, 0.25) is 5.02 Å². The molecule has 1 amide bonds. The molecule has 0 spiro atoms. The quantitative estimate of drug-likeness (QED) is 0.917. The van der Waals surface area contributed by atoms with Crippen molar-refractivity contribution in [1.82, 2.24) is 14.8 Å². The summed E-state index contributed by atoms with van der Waals surface area (Å²) in [6, 6.07) is 2.24. The molecule has 1 aliphatic carbocycles. The fraction of sp³-hybridized carbons (Fsp3) is 0.643. The van der Waals surface area contributed by atoms with Crippen molar-refractivity contribution in [2.24, 2.45) is 0 Å². The third-order valence-corrected chi connectivity index (χ3v) is 4.04. The van der Waals surface area contributed by atoms with Crippen LogP contribution >= 0.6 is 11.6 Å². The summed E-state index contributed by atoms with van der Waals surface area (Å²) in [5.74, 6) is 0.0632. The van der Waals surface area contributed by atoms with Gasteiger partial charge in [0.1, 0.15) is 5.69 Å². The van der Waals surface area contributed by atoms with Gasteiger partial charge in [0, 0.05) is 31.9 Å². The summed E-state index contributed by atoms with van der Waals surface area (Å²) < 4.78 is 7.68. The van der Waals surface area contributed by atoms with Crippen LogP contribution in [0.3, 0.4) is 0 Å². The number of amides is 1. The maximum atomic E-state index is 12.7. The van der Waals surface area contributed by atoms with Crippen molar-refractivity contribution in [1.29, 1.82) is 0 Å². The molecule has 3 rings (SSSR count). The summed E-state index contributed by atoms with van der Waals surface area (Å²) in [5.41, 5.74) is 0.711. The molecule has 0 bridgehead atoms. The van der Waals surface area contributed by atoms with E-state index < -0.39 is 0 Å². The highest BCUT2D eigenvalue weighted by Crippen LogP contribution is 2.37. The highest BCUT2D eigenvalue weighted by atomic mass is 35.5. The standard InChI is InChI=1S/C14H20ClN3O2/c1-16-7-12-9-17(4-5-20-12)14(19)13-6-10(15)8-18(13)11-2-3-11/h6,8,11-12,16H,2-5,7,9H2,1H3. The Bertz CT molecular complexity index is 497. The summed E-state index contributed by atoms with van der Waals surface area (Å²) >= 11 is 6.07. The third-order valence-electron chi connectivity index (χ3n) is 3.83. The molecule has 1 aliphatic heterocycles. The first-order chi connectivity index (χ1) is 9.69. The minimum absolute atomic E-state index is 0.0632. The fourth-order valence-corrected chi connectivity index (χ4v) is 2.90. The largest absolute Gasteiger partial charge is 0.373 e. The Labute approximate surface area is 123 Å². The lowest BCUT2D eigenvalue weighted by molar-refractivity contribution is -0.0199. The Morgan fingerprint density at radius 2 is 2.35 bits per heavy atom. The number of nitrogens with zero attached hydrogens (tertiary/aromatic N) is 2. The summed E-state index contributed by atoms with van der Waals surface area (Å²) in [6.45, 7) is 2.63. The van der Waals surface area contributed by atoms with E-state index in [0.29, 0.717) is 36.5 Å². The first-order valence-corrected chi connectivity index (χ1v) is 7.49. The Hall–Kier alpha value is -1.04. The number of likely N-dealkylation sites (N-methyl/N-ethyl adjacent to an activating group) is 1. The average Bonchev–Trinajstić information content (AvgIpc) is 3.21. The minimum Gasteiger partial charge on any atom is -0.373 e. The molecule has 1 N–H and O–H groups in total. The number of ether oxygens (including phenoxy) is 1. The van der Waals surface area contributed by atoms with Gasteiger partial charge in [-0.05, 0) is 26.0 Å². The molecule has 2 aliphatic rings. The number of nitrogens with one attached hydrogen (secondary N) is 1. The molecule has 6 heteroatoms. The van der Waals surface area contributed by atoms with Crippen molar-refractivity contribution in [2.75, 3.05) is 33.3 Å². The highest BCUT2D eigenvalue weighted by molar-refractivity contribution is 6.31. The molecule has 0 radical (unpaired) electrons. The second-order valence-corrected chi connectivity index (χ2v) is 5.92. The molecule has 1 aromatic heterocycles. The molecule has 1 unspecified atom stereocenters. The van der Waals surface area contributed by atoms with Crippen molar-refractivity contribution in [2.45, 2.75) is 25.0 Å². The number of hydrogen-bond donors (Lipinski definition) is 1. The summed E-state index contributed by atoms with van der Waals surface area (Å²) in [7, 11) is 1.89. The zero-order chi connectivity index (χ0) is 14.1. The van der Waals surface area contributed by atoms with E-state index in [9.17, 15) is 4.79 Å². The Morgan fingerprint density at radius 3 is 3.05 bits per heavy atom. The molecule has 2 heterocycles. The topological polar surface area (TPSA) is 46.5 Å². The molecular weight excluding hydrogens is 278 g/mol. The summed E-state index contributed by atoms with van der Waals surface area (Å²) in [4.78, 5) is 14.6. The lowest BCUT2D eigenvalue weighted by Crippen LogP contribution is -2.48. The van der Waals surface area contributed by atoms with Gasteiger partial charge in [0.15, 0.2) is 0 Å². The third kappa shape index (κ3) is 2.85. The van der Waals surface area contributed by atoms with Crippen LogP contribution < -0.4 is 5.32 Å². The first-order valence-electron chi connectivity index (χ1n) is 7.12. The second kappa shape index (κ2) is 5.76. The van der Waals surface area contributed by atoms with Gasteiger partial charge in [-0.1, -0.05) is 11.6 Å². The van der Waals surface area contributed by atoms with Gasteiger partial charge in [-0.15, -0.1) is 0 Å². The normalized spacial score (nSPS) is 23.1. The second-order valence-electron chi connectivity index (χ2n) is 5.48.